The number of rotatable bonds is 4. The number of nitrogens with zero attached hydrogens (tertiary/aromatic N) is 1. The molecule has 5 nitrogen and oxygen atoms in total. The molecule has 3 heterocycles. The maximum Gasteiger partial charge on any atom is 0.253 e. The first kappa shape index (κ1) is 12.9. The van der Waals surface area contributed by atoms with Crippen molar-refractivity contribution in [2.75, 3.05) is 19.6 Å². The molecule has 5 heteroatoms. The minimum atomic E-state index is -0.0621. The lowest BCUT2D eigenvalue weighted by Gasteiger charge is -2.27. The second-order valence-electron chi connectivity index (χ2n) is 5.04. The predicted octanol–water partition coefficient (Wildman–Crippen LogP) is 1.60. The maximum atomic E-state index is 12.1. The molecule has 0 aromatic carbocycles. The van der Waals surface area contributed by atoms with Crippen LogP contribution in [0.3, 0.4) is 0 Å². The van der Waals surface area contributed by atoms with E-state index in [-0.39, 0.29) is 5.91 Å². The number of amides is 1. The number of hydrogen-bond acceptors (Lipinski definition) is 4. The Bertz CT molecular complexity index is 604. The minimum Gasteiger partial charge on any atom is -0.463 e. The molecule has 2 aromatic heterocycles. The molecule has 3 rings (SSSR count). The van der Waals surface area contributed by atoms with Crippen molar-refractivity contribution in [3.63, 3.8) is 0 Å². The number of carbonyl (C=O) groups is 1. The molecule has 0 unspecified atom stereocenters. The van der Waals surface area contributed by atoms with Crippen LogP contribution in [-0.2, 0) is 0 Å². The third-order valence-electron chi connectivity index (χ3n) is 3.52. The molecule has 1 fully saturated rings. The van der Waals surface area contributed by atoms with Crippen LogP contribution in [0.4, 0.5) is 0 Å². The van der Waals surface area contributed by atoms with E-state index in [4.69, 9.17) is 4.42 Å². The van der Waals surface area contributed by atoms with Crippen molar-refractivity contribution >= 4 is 5.91 Å². The summed E-state index contributed by atoms with van der Waals surface area (Å²) in [6.07, 6.45) is 1.61. The topological polar surface area (TPSA) is 67.2 Å². The lowest BCUT2D eigenvalue weighted by molar-refractivity contribution is 0.0941. The van der Waals surface area contributed by atoms with Gasteiger partial charge in [0.2, 0.25) is 0 Å². The molecule has 0 bridgehead atoms. The van der Waals surface area contributed by atoms with Gasteiger partial charge in [-0.15, -0.1) is 0 Å². The number of furan rings is 1. The molecule has 2 aromatic rings. The highest BCUT2D eigenvalue weighted by molar-refractivity contribution is 5.95. The highest BCUT2D eigenvalue weighted by Crippen LogP contribution is 2.19. The number of nitrogens with one attached hydrogen (secondary N) is 2. The molecule has 20 heavy (non-hydrogen) atoms. The zero-order valence-corrected chi connectivity index (χ0v) is 11.3. The molecule has 0 spiro atoms. The Hall–Kier alpha value is -2.14. The summed E-state index contributed by atoms with van der Waals surface area (Å²) in [5.41, 5.74) is 2.07. The first-order valence-electron chi connectivity index (χ1n) is 6.74. The Balaban J connectivity index is 1.71. The van der Waals surface area contributed by atoms with Crippen molar-refractivity contribution in [3.8, 4) is 11.5 Å². The van der Waals surface area contributed by atoms with E-state index < -0.39 is 0 Å². The van der Waals surface area contributed by atoms with E-state index in [9.17, 15) is 4.79 Å². The van der Waals surface area contributed by atoms with Crippen LogP contribution in [0.2, 0.25) is 0 Å². The second-order valence-corrected chi connectivity index (χ2v) is 5.04. The van der Waals surface area contributed by atoms with Crippen molar-refractivity contribution in [2.45, 2.75) is 6.92 Å². The van der Waals surface area contributed by atoms with E-state index in [2.05, 4.69) is 15.6 Å². The minimum absolute atomic E-state index is 0.0621. The quantitative estimate of drug-likeness (QED) is 0.886. The Labute approximate surface area is 117 Å². The Morgan fingerprint density at radius 3 is 2.90 bits per heavy atom. The SMILES string of the molecule is Cc1nc(-c2ccco2)ccc1C(=O)NCC1CNC1. The van der Waals surface area contributed by atoms with Gasteiger partial charge in [0.15, 0.2) is 5.76 Å². The summed E-state index contributed by atoms with van der Waals surface area (Å²) in [5.74, 6) is 1.20. The molecule has 2 N–H and O–H groups in total. The van der Waals surface area contributed by atoms with Gasteiger partial charge in [-0.2, -0.15) is 0 Å². The van der Waals surface area contributed by atoms with Crippen molar-refractivity contribution < 1.29 is 9.21 Å². The van der Waals surface area contributed by atoms with Crippen LogP contribution in [0.25, 0.3) is 11.5 Å². The zero-order chi connectivity index (χ0) is 13.9. The Kier molecular flexibility index (Phi) is 3.52. The fourth-order valence-corrected chi connectivity index (χ4v) is 2.19. The van der Waals surface area contributed by atoms with Crippen LogP contribution in [0.15, 0.2) is 34.9 Å². The highest BCUT2D eigenvalue weighted by atomic mass is 16.3. The van der Waals surface area contributed by atoms with Crippen LogP contribution in [0.5, 0.6) is 0 Å². The lowest BCUT2D eigenvalue weighted by atomic mass is 10.0. The van der Waals surface area contributed by atoms with Gasteiger partial charge >= 0.3 is 0 Å². The van der Waals surface area contributed by atoms with Gasteiger partial charge in [-0.25, -0.2) is 4.98 Å². The summed E-state index contributed by atoms with van der Waals surface area (Å²) in [6.45, 7) is 4.52. The van der Waals surface area contributed by atoms with Gasteiger partial charge in [0.05, 0.1) is 17.5 Å². The fraction of sp³-hybridized carbons (Fsp3) is 0.333. The fourth-order valence-electron chi connectivity index (χ4n) is 2.19. The average Bonchev–Trinajstić information content (AvgIpc) is 2.90. The third-order valence-corrected chi connectivity index (χ3v) is 3.52. The largest absolute Gasteiger partial charge is 0.463 e. The standard InChI is InChI=1S/C15H17N3O2/c1-10-12(15(19)17-9-11-7-16-8-11)4-5-13(18-10)14-3-2-6-20-14/h2-6,11,16H,7-9H2,1H3,(H,17,19). The van der Waals surface area contributed by atoms with Gasteiger partial charge in [0.1, 0.15) is 5.69 Å². The normalized spacial score (nSPS) is 14.8. The van der Waals surface area contributed by atoms with E-state index in [1.54, 1.807) is 12.3 Å². The Morgan fingerprint density at radius 2 is 2.30 bits per heavy atom. The highest BCUT2D eigenvalue weighted by Gasteiger charge is 2.18. The maximum absolute atomic E-state index is 12.1. The molecule has 1 saturated heterocycles. The van der Waals surface area contributed by atoms with E-state index in [1.807, 2.05) is 25.1 Å². The molecule has 104 valence electrons. The predicted molar refractivity (Wildman–Crippen MR) is 75.4 cm³/mol. The number of aryl methyl sites for hydroxylation is 1. The smallest absolute Gasteiger partial charge is 0.253 e. The zero-order valence-electron chi connectivity index (χ0n) is 11.3. The summed E-state index contributed by atoms with van der Waals surface area (Å²) in [7, 11) is 0. The van der Waals surface area contributed by atoms with Gasteiger partial charge in [-0.05, 0) is 31.2 Å². The molecular formula is C15H17N3O2. The van der Waals surface area contributed by atoms with E-state index in [1.165, 1.54) is 0 Å². The van der Waals surface area contributed by atoms with Gasteiger partial charge in [-0.1, -0.05) is 0 Å². The van der Waals surface area contributed by atoms with Gasteiger partial charge in [-0.3, -0.25) is 4.79 Å². The van der Waals surface area contributed by atoms with Gasteiger partial charge in [0.25, 0.3) is 5.91 Å². The van der Waals surface area contributed by atoms with Crippen molar-refractivity contribution in [2.24, 2.45) is 5.92 Å². The molecule has 1 amide bonds. The van der Waals surface area contributed by atoms with Crippen molar-refractivity contribution in [1.29, 1.82) is 0 Å². The average molecular weight is 271 g/mol. The van der Waals surface area contributed by atoms with Crippen LogP contribution in [-0.4, -0.2) is 30.5 Å². The van der Waals surface area contributed by atoms with Gasteiger partial charge in [0, 0.05) is 25.6 Å². The van der Waals surface area contributed by atoms with Crippen LogP contribution in [0.1, 0.15) is 16.1 Å². The number of carbonyl (C=O) groups excluding carboxylic acids is 1. The first-order chi connectivity index (χ1) is 9.74. The summed E-state index contributed by atoms with van der Waals surface area (Å²) >= 11 is 0. The van der Waals surface area contributed by atoms with E-state index in [0.717, 1.165) is 18.8 Å². The third kappa shape index (κ3) is 2.58. The number of hydrogen-bond donors (Lipinski definition) is 2. The molecule has 1 aliphatic rings. The summed E-state index contributed by atoms with van der Waals surface area (Å²) in [4.78, 5) is 16.5. The van der Waals surface area contributed by atoms with Crippen LogP contribution < -0.4 is 10.6 Å². The van der Waals surface area contributed by atoms with E-state index in [0.29, 0.717) is 29.5 Å². The molecular weight excluding hydrogens is 254 g/mol. The second kappa shape index (κ2) is 5.46. The van der Waals surface area contributed by atoms with E-state index >= 15 is 0 Å². The Morgan fingerprint density at radius 1 is 1.45 bits per heavy atom. The summed E-state index contributed by atoms with van der Waals surface area (Å²) < 4.78 is 5.31. The molecule has 0 radical (unpaired) electrons. The molecule has 0 aliphatic carbocycles. The number of aromatic nitrogens is 1. The summed E-state index contributed by atoms with van der Waals surface area (Å²) in [5, 5.41) is 6.14. The van der Waals surface area contributed by atoms with Gasteiger partial charge < -0.3 is 15.1 Å². The lowest BCUT2D eigenvalue weighted by Crippen LogP contribution is -2.48. The molecule has 0 saturated carbocycles. The monoisotopic (exact) mass is 271 g/mol. The van der Waals surface area contributed by atoms with Crippen molar-refractivity contribution in [1.82, 2.24) is 15.6 Å². The first-order valence-corrected chi connectivity index (χ1v) is 6.74. The molecule has 0 atom stereocenters. The van der Waals surface area contributed by atoms with Crippen LogP contribution >= 0.6 is 0 Å². The van der Waals surface area contributed by atoms with Crippen molar-refractivity contribution in [3.05, 3.63) is 41.8 Å². The van der Waals surface area contributed by atoms with Crippen LogP contribution in [0, 0.1) is 12.8 Å². The number of pyridine rings is 1. The summed E-state index contributed by atoms with van der Waals surface area (Å²) in [6, 6.07) is 7.28. The molecule has 1 aliphatic heterocycles.